The Bertz CT molecular complexity index is 240. The third kappa shape index (κ3) is 5.13. The van der Waals surface area contributed by atoms with Crippen LogP contribution >= 0.6 is 36.2 Å². The smallest absolute Gasteiger partial charge is 0.106 e. The summed E-state index contributed by atoms with van der Waals surface area (Å²) in [5, 5.41) is 6.51. The average Bonchev–Trinajstić information content (AvgIpc) is 2.75. The number of halogens is 2. The number of hydrogen-bond acceptors (Lipinski definition) is 4. The summed E-state index contributed by atoms with van der Waals surface area (Å²) in [6, 6.07) is 0. The van der Waals surface area contributed by atoms with Crippen LogP contribution in [0.1, 0.15) is 17.8 Å². The molecule has 88 valence electrons. The van der Waals surface area contributed by atoms with Gasteiger partial charge in [0.05, 0.1) is 6.10 Å². The van der Waals surface area contributed by atoms with Crippen LogP contribution in [0.15, 0.2) is 11.6 Å². The largest absolute Gasteiger partial charge is 0.377 e. The second kappa shape index (κ2) is 8.30. The van der Waals surface area contributed by atoms with Crippen LogP contribution in [0, 0.1) is 0 Å². The summed E-state index contributed by atoms with van der Waals surface area (Å²) in [7, 11) is 0. The maximum Gasteiger partial charge on any atom is 0.106 e. The number of nitrogens with zero attached hydrogens (tertiary/aromatic N) is 1. The molecular weight excluding hydrogens is 255 g/mol. The van der Waals surface area contributed by atoms with Crippen LogP contribution in [0.3, 0.4) is 0 Å². The van der Waals surface area contributed by atoms with Crippen LogP contribution in [0.2, 0.25) is 0 Å². The molecule has 1 saturated heterocycles. The zero-order chi connectivity index (χ0) is 8.93. The van der Waals surface area contributed by atoms with Crippen LogP contribution in [0.4, 0.5) is 0 Å². The molecule has 3 nitrogen and oxygen atoms in total. The van der Waals surface area contributed by atoms with Crippen molar-refractivity contribution in [3.63, 3.8) is 0 Å². The molecule has 0 aliphatic carbocycles. The van der Waals surface area contributed by atoms with Gasteiger partial charge in [-0.1, -0.05) is 0 Å². The van der Waals surface area contributed by atoms with Crippen molar-refractivity contribution in [2.45, 2.75) is 25.5 Å². The first-order valence-corrected chi connectivity index (χ1v) is 5.54. The van der Waals surface area contributed by atoms with Gasteiger partial charge in [0.15, 0.2) is 0 Å². The minimum atomic E-state index is 0. The molecule has 1 aliphatic heterocycles. The summed E-state index contributed by atoms with van der Waals surface area (Å²) in [6.07, 6.45) is 4.68. The summed E-state index contributed by atoms with van der Waals surface area (Å²) >= 11 is 1.69. The average molecular weight is 271 g/mol. The van der Waals surface area contributed by atoms with E-state index in [0.29, 0.717) is 6.10 Å². The minimum absolute atomic E-state index is 0. The van der Waals surface area contributed by atoms with E-state index >= 15 is 0 Å². The first-order chi connectivity index (χ1) is 6.45. The van der Waals surface area contributed by atoms with Crippen molar-refractivity contribution in [2.24, 2.45) is 0 Å². The molecule has 0 amide bonds. The molecule has 2 rings (SSSR count). The number of hydrogen-bond donors (Lipinski definition) is 1. The van der Waals surface area contributed by atoms with Gasteiger partial charge in [-0.3, -0.25) is 0 Å². The lowest BCUT2D eigenvalue weighted by Crippen LogP contribution is -2.25. The molecule has 15 heavy (non-hydrogen) atoms. The van der Waals surface area contributed by atoms with Gasteiger partial charge in [-0.25, -0.2) is 4.98 Å². The number of rotatable bonds is 4. The van der Waals surface area contributed by atoms with Crippen molar-refractivity contribution in [1.29, 1.82) is 0 Å². The fourth-order valence-corrected chi connectivity index (χ4v) is 2.07. The van der Waals surface area contributed by atoms with Gasteiger partial charge in [-0.05, 0) is 12.8 Å². The first kappa shape index (κ1) is 15.1. The number of nitrogens with one attached hydrogen (secondary N) is 1. The van der Waals surface area contributed by atoms with E-state index in [4.69, 9.17) is 4.74 Å². The Morgan fingerprint density at radius 1 is 1.53 bits per heavy atom. The molecule has 1 aromatic heterocycles. The van der Waals surface area contributed by atoms with Gasteiger partial charge in [0.1, 0.15) is 5.01 Å². The lowest BCUT2D eigenvalue weighted by Gasteiger charge is -2.08. The molecular formula is C9H16Cl2N2OS. The Morgan fingerprint density at radius 3 is 3.00 bits per heavy atom. The molecule has 1 aliphatic rings. The second-order valence-electron chi connectivity index (χ2n) is 3.19. The second-order valence-corrected chi connectivity index (χ2v) is 4.17. The van der Waals surface area contributed by atoms with E-state index in [-0.39, 0.29) is 24.8 Å². The Kier molecular flexibility index (Phi) is 8.37. The molecule has 0 spiro atoms. The molecule has 0 aromatic carbocycles. The highest BCUT2D eigenvalue weighted by molar-refractivity contribution is 7.09. The fraction of sp³-hybridized carbons (Fsp3) is 0.667. The highest BCUT2D eigenvalue weighted by atomic mass is 35.5. The molecule has 1 aromatic rings. The molecule has 0 bridgehead atoms. The maximum atomic E-state index is 5.49. The Hall–Kier alpha value is 0.130. The minimum Gasteiger partial charge on any atom is -0.377 e. The van der Waals surface area contributed by atoms with E-state index in [9.17, 15) is 0 Å². The van der Waals surface area contributed by atoms with Crippen molar-refractivity contribution in [3.05, 3.63) is 16.6 Å². The molecule has 1 unspecified atom stereocenters. The standard InChI is InChI=1S/C9H14N2OS.2ClH/c1-2-8(12-4-1)6-10-7-9-11-3-5-13-9;;/h3,5,8,10H,1-2,4,6-7H2;2*1H. The lowest BCUT2D eigenvalue weighted by molar-refractivity contribution is 0.110. The summed E-state index contributed by atoms with van der Waals surface area (Å²) < 4.78 is 5.49. The first-order valence-electron chi connectivity index (χ1n) is 4.66. The lowest BCUT2D eigenvalue weighted by atomic mass is 10.2. The van der Waals surface area contributed by atoms with E-state index in [1.165, 1.54) is 12.8 Å². The van der Waals surface area contributed by atoms with Crippen molar-refractivity contribution in [3.8, 4) is 0 Å². The topological polar surface area (TPSA) is 34.1 Å². The number of aromatic nitrogens is 1. The maximum absolute atomic E-state index is 5.49. The van der Waals surface area contributed by atoms with Crippen molar-refractivity contribution < 1.29 is 4.74 Å². The highest BCUT2D eigenvalue weighted by Gasteiger charge is 2.14. The van der Waals surface area contributed by atoms with E-state index in [1.54, 1.807) is 11.3 Å². The highest BCUT2D eigenvalue weighted by Crippen LogP contribution is 2.11. The third-order valence-corrected chi connectivity index (χ3v) is 2.94. The predicted octanol–water partition coefficient (Wildman–Crippen LogP) is 2.26. The van der Waals surface area contributed by atoms with Crippen LogP contribution in [0.25, 0.3) is 0 Å². The van der Waals surface area contributed by atoms with Crippen molar-refractivity contribution in [1.82, 2.24) is 10.3 Å². The third-order valence-electron chi connectivity index (χ3n) is 2.16. The van der Waals surface area contributed by atoms with Gasteiger partial charge in [0.25, 0.3) is 0 Å². The summed E-state index contributed by atoms with van der Waals surface area (Å²) in [6.45, 7) is 2.76. The molecule has 2 heterocycles. The predicted molar refractivity (Wildman–Crippen MR) is 67.3 cm³/mol. The van der Waals surface area contributed by atoms with Crippen molar-refractivity contribution >= 4 is 36.2 Å². The number of thiazole rings is 1. The fourth-order valence-electron chi connectivity index (χ4n) is 1.49. The van der Waals surface area contributed by atoms with Crippen LogP contribution in [-0.4, -0.2) is 24.2 Å². The monoisotopic (exact) mass is 270 g/mol. The Morgan fingerprint density at radius 2 is 2.40 bits per heavy atom. The van der Waals surface area contributed by atoms with Gasteiger partial charge in [-0.15, -0.1) is 36.2 Å². The summed E-state index contributed by atoms with van der Waals surface area (Å²) in [5.41, 5.74) is 0. The number of ether oxygens (including phenoxy) is 1. The van der Waals surface area contributed by atoms with E-state index in [2.05, 4.69) is 10.3 Å². The quantitative estimate of drug-likeness (QED) is 0.912. The van der Waals surface area contributed by atoms with Crippen LogP contribution < -0.4 is 5.32 Å². The van der Waals surface area contributed by atoms with Crippen LogP contribution in [0.5, 0.6) is 0 Å². The van der Waals surface area contributed by atoms with Crippen LogP contribution in [-0.2, 0) is 11.3 Å². The van der Waals surface area contributed by atoms with E-state index in [0.717, 1.165) is 24.7 Å². The molecule has 1 N–H and O–H groups in total. The zero-order valence-electron chi connectivity index (χ0n) is 8.35. The van der Waals surface area contributed by atoms with Gasteiger partial charge < -0.3 is 10.1 Å². The molecule has 0 saturated carbocycles. The molecule has 1 fully saturated rings. The normalized spacial score (nSPS) is 19.3. The zero-order valence-corrected chi connectivity index (χ0v) is 10.8. The summed E-state index contributed by atoms with van der Waals surface area (Å²) in [4.78, 5) is 4.20. The molecule has 1 atom stereocenters. The van der Waals surface area contributed by atoms with E-state index in [1.807, 2.05) is 11.6 Å². The SMILES string of the molecule is Cl.Cl.c1csc(CNCC2CCCO2)n1. The Labute approximate surface area is 106 Å². The molecule has 6 heteroatoms. The van der Waals surface area contributed by atoms with Gasteiger partial charge in [-0.2, -0.15) is 0 Å². The van der Waals surface area contributed by atoms with E-state index < -0.39 is 0 Å². The van der Waals surface area contributed by atoms with Gasteiger partial charge in [0.2, 0.25) is 0 Å². The molecule has 0 radical (unpaired) electrons. The van der Waals surface area contributed by atoms with Gasteiger partial charge in [0, 0.05) is 31.3 Å². The van der Waals surface area contributed by atoms with Gasteiger partial charge >= 0.3 is 0 Å². The Balaban J connectivity index is 0.000000980. The van der Waals surface area contributed by atoms with Crippen molar-refractivity contribution in [2.75, 3.05) is 13.2 Å². The summed E-state index contributed by atoms with van der Waals surface area (Å²) in [5.74, 6) is 0.